The molecule has 0 aliphatic heterocycles. The molecule has 1 unspecified atom stereocenters. The summed E-state index contributed by atoms with van der Waals surface area (Å²) in [6.45, 7) is 2.11. The van der Waals surface area contributed by atoms with E-state index in [0.717, 1.165) is 25.7 Å². The molecule has 0 aromatic heterocycles. The number of hydrogen-bond acceptors (Lipinski definition) is 5. The fourth-order valence-corrected chi connectivity index (χ4v) is 3.64. The smallest absolute Gasteiger partial charge is 0.329 e. The van der Waals surface area contributed by atoms with E-state index in [1.807, 2.05) is 19.1 Å². The molecule has 0 aromatic carbocycles. The van der Waals surface area contributed by atoms with E-state index in [1.54, 1.807) is 0 Å². The Morgan fingerprint density at radius 1 is 1.30 bits per heavy atom. The van der Waals surface area contributed by atoms with Gasteiger partial charge in [0.2, 0.25) is 0 Å². The minimum atomic E-state index is -1.16. The summed E-state index contributed by atoms with van der Waals surface area (Å²) in [4.78, 5) is 10.4. The first-order chi connectivity index (χ1) is 12.8. The van der Waals surface area contributed by atoms with Gasteiger partial charge in [0.25, 0.3) is 0 Å². The Morgan fingerprint density at radius 2 is 2.04 bits per heavy atom. The number of aliphatic carboxylic acids is 1. The molecule has 1 rings (SSSR count). The first-order valence-corrected chi connectivity index (χ1v) is 9.85. The van der Waals surface area contributed by atoms with Gasteiger partial charge in [-0.1, -0.05) is 37.8 Å². The van der Waals surface area contributed by atoms with Crippen LogP contribution in [0.4, 0.5) is 0 Å². The first-order valence-electron chi connectivity index (χ1n) is 9.85. The molecule has 1 fully saturated rings. The molecule has 0 spiro atoms. The van der Waals surface area contributed by atoms with Gasteiger partial charge in [0.05, 0.1) is 12.2 Å². The molecular formula is C21H34O6. The van der Waals surface area contributed by atoms with Gasteiger partial charge in [0.1, 0.15) is 12.2 Å². The van der Waals surface area contributed by atoms with Gasteiger partial charge in [-0.3, -0.25) is 0 Å². The Bertz CT molecular complexity index is 511. The first kappa shape index (κ1) is 23.6. The summed E-state index contributed by atoms with van der Waals surface area (Å²) < 4.78 is 5.01. The van der Waals surface area contributed by atoms with Gasteiger partial charge < -0.3 is 25.2 Å². The van der Waals surface area contributed by atoms with Crippen molar-refractivity contribution in [1.29, 1.82) is 0 Å². The molecule has 154 valence electrons. The fraction of sp³-hybridized carbons (Fsp3) is 0.762. The van der Waals surface area contributed by atoms with Crippen LogP contribution in [0.5, 0.6) is 0 Å². The highest BCUT2D eigenvalue weighted by molar-refractivity contribution is 5.67. The van der Waals surface area contributed by atoms with E-state index in [9.17, 15) is 20.1 Å². The number of unbranched alkanes of at least 4 members (excludes halogenated alkanes) is 2. The van der Waals surface area contributed by atoms with Gasteiger partial charge in [0.15, 0.2) is 0 Å². The lowest BCUT2D eigenvalue weighted by Crippen LogP contribution is -2.26. The van der Waals surface area contributed by atoms with Crippen LogP contribution in [0.25, 0.3) is 0 Å². The summed E-state index contributed by atoms with van der Waals surface area (Å²) in [5.41, 5.74) is -1.16. The topological polar surface area (TPSA) is 107 Å². The van der Waals surface area contributed by atoms with Crippen molar-refractivity contribution >= 4 is 5.97 Å². The molecule has 0 aromatic rings. The maximum atomic E-state index is 10.4. The number of carboxylic acids is 1. The van der Waals surface area contributed by atoms with E-state index in [2.05, 4.69) is 5.92 Å². The van der Waals surface area contributed by atoms with Crippen LogP contribution in [-0.2, 0) is 9.53 Å². The van der Waals surface area contributed by atoms with E-state index in [1.165, 1.54) is 0 Å². The summed E-state index contributed by atoms with van der Waals surface area (Å²) in [6, 6.07) is 0. The van der Waals surface area contributed by atoms with Crippen molar-refractivity contribution < 1.29 is 30.0 Å². The molecule has 0 radical (unpaired) electrons. The fourth-order valence-electron chi connectivity index (χ4n) is 3.64. The molecular weight excluding hydrogens is 348 g/mol. The number of hydrogen-bond donors (Lipinski definition) is 4. The van der Waals surface area contributed by atoms with Crippen LogP contribution in [0.15, 0.2) is 12.2 Å². The van der Waals surface area contributed by atoms with Gasteiger partial charge in [-0.25, -0.2) is 4.79 Å². The lowest BCUT2D eigenvalue weighted by atomic mass is 9.87. The maximum Gasteiger partial charge on any atom is 0.329 e. The third-order valence-electron chi connectivity index (χ3n) is 5.24. The normalized spacial score (nSPS) is 27.5. The molecule has 0 saturated heterocycles. The highest BCUT2D eigenvalue weighted by Gasteiger charge is 2.39. The molecule has 1 saturated carbocycles. The SMILES string of the molecule is C#CC(O)(CC=C[C@@H]1[C@@H](CCCCOCC(=O)O)[C@H](O)C[C@H]1O)CCCC. The summed E-state index contributed by atoms with van der Waals surface area (Å²) in [7, 11) is 0. The predicted molar refractivity (Wildman–Crippen MR) is 103 cm³/mol. The Hall–Kier alpha value is -1.39. The Morgan fingerprint density at radius 3 is 2.67 bits per heavy atom. The second kappa shape index (κ2) is 12.1. The van der Waals surface area contributed by atoms with Crippen LogP contribution < -0.4 is 0 Å². The third-order valence-corrected chi connectivity index (χ3v) is 5.24. The van der Waals surface area contributed by atoms with E-state index in [-0.39, 0.29) is 18.4 Å². The lowest BCUT2D eigenvalue weighted by Gasteiger charge is -2.22. The zero-order chi connectivity index (χ0) is 20.3. The molecule has 6 nitrogen and oxygen atoms in total. The van der Waals surface area contributed by atoms with E-state index in [0.29, 0.717) is 32.3 Å². The maximum absolute atomic E-state index is 10.4. The van der Waals surface area contributed by atoms with Crippen molar-refractivity contribution in [3.63, 3.8) is 0 Å². The number of carboxylic acid groups (broad SMARTS) is 1. The van der Waals surface area contributed by atoms with Crippen molar-refractivity contribution in [1.82, 2.24) is 0 Å². The van der Waals surface area contributed by atoms with Gasteiger partial charge in [-0.05, 0) is 31.6 Å². The van der Waals surface area contributed by atoms with Gasteiger partial charge in [-0.2, -0.15) is 0 Å². The monoisotopic (exact) mass is 382 g/mol. The van der Waals surface area contributed by atoms with Crippen molar-refractivity contribution in [2.75, 3.05) is 13.2 Å². The Labute approximate surface area is 162 Å². The van der Waals surface area contributed by atoms with Gasteiger partial charge >= 0.3 is 5.97 Å². The molecule has 1 aliphatic rings. The Kier molecular flexibility index (Phi) is 10.6. The average Bonchev–Trinajstić information content (AvgIpc) is 2.89. The summed E-state index contributed by atoms with van der Waals surface area (Å²) in [5, 5.41) is 39.4. The van der Waals surface area contributed by atoms with Gasteiger partial charge in [-0.15, -0.1) is 6.42 Å². The number of ether oxygens (including phenoxy) is 1. The predicted octanol–water partition coefficient (Wildman–Crippen LogP) is 2.12. The summed E-state index contributed by atoms with van der Waals surface area (Å²) >= 11 is 0. The van der Waals surface area contributed by atoms with E-state index < -0.39 is 23.8 Å². The molecule has 0 heterocycles. The molecule has 0 amide bonds. The van der Waals surface area contributed by atoms with Crippen LogP contribution in [0, 0.1) is 24.2 Å². The largest absolute Gasteiger partial charge is 0.480 e. The number of terminal acetylenes is 1. The average molecular weight is 382 g/mol. The van der Waals surface area contributed by atoms with Crippen LogP contribution in [0.3, 0.4) is 0 Å². The molecule has 6 heteroatoms. The lowest BCUT2D eigenvalue weighted by molar-refractivity contribution is -0.142. The van der Waals surface area contributed by atoms with Crippen LogP contribution in [0.2, 0.25) is 0 Å². The van der Waals surface area contributed by atoms with Gasteiger partial charge in [0, 0.05) is 25.4 Å². The minimum absolute atomic E-state index is 0.0645. The number of rotatable bonds is 13. The number of aliphatic hydroxyl groups excluding tert-OH is 2. The second-order valence-corrected chi connectivity index (χ2v) is 7.47. The molecule has 1 aliphatic carbocycles. The quantitative estimate of drug-likeness (QED) is 0.221. The zero-order valence-electron chi connectivity index (χ0n) is 16.2. The number of carbonyl (C=O) groups is 1. The standard InChI is InChI=1S/C21H34O6/c1-3-5-11-21(26,4-2)12-8-10-17-16(18(22)14-19(17)23)9-6-7-13-27-15-20(24)25/h2,8,10,16-19,22-23,26H,3,5-7,9,11-15H2,1H3,(H,24,25)/t16-,17-,18-,19-,21?/m1/s1. The van der Waals surface area contributed by atoms with Crippen molar-refractivity contribution in [3.8, 4) is 12.3 Å². The van der Waals surface area contributed by atoms with E-state index in [4.69, 9.17) is 16.3 Å². The third kappa shape index (κ3) is 8.44. The minimum Gasteiger partial charge on any atom is -0.480 e. The Balaban J connectivity index is 2.50. The summed E-state index contributed by atoms with van der Waals surface area (Å²) in [5.74, 6) is 1.25. The summed E-state index contributed by atoms with van der Waals surface area (Å²) in [6.07, 6.45) is 13.2. The van der Waals surface area contributed by atoms with Crippen LogP contribution in [-0.4, -0.2) is 57.4 Å². The number of aliphatic hydroxyl groups is 3. The van der Waals surface area contributed by atoms with Crippen molar-refractivity contribution in [3.05, 3.63) is 12.2 Å². The second-order valence-electron chi connectivity index (χ2n) is 7.47. The van der Waals surface area contributed by atoms with Crippen LogP contribution in [0.1, 0.15) is 58.3 Å². The molecule has 0 bridgehead atoms. The highest BCUT2D eigenvalue weighted by atomic mass is 16.5. The zero-order valence-corrected chi connectivity index (χ0v) is 16.2. The van der Waals surface area contributed by atoms with E-state index >= 15 is 0 Å². The molecule has 4 N–H and O–H groups in total. The van der Waals surface area contributed by atoms with Crippen LogP contribution >= 0.6 is 0 Å². The van der Waals surface area contributed by atoms with Crippen molar-refractivity contribution in [2.45, 2.75) is 76.1 Å². The molecule has 5 atom stereocenters. The van der Waals surface area contributed by atoms with Crippen molar-refractivity contribution in [2.24, 2.45) is 11.8 Å². The molecule has 27 heavy (non-hydrogen) atoms. The highest BCUT2D eigenvalue weighted by Crippen LogP contribution is 2.37.